The summed E-state index contributed by atoms with van der Waals surface area (Å²) in [6, 6.07) is 5.49. The number of amides is 2. The number of hydrogen-bond donors (Lipinski definition) is 0. The van der Waals surface area contributed by atoms with Crippen LogP contribution in [0.4, 0.5) is 0 Å². The summed E-state index contributed by atoms with van der Waals surface area (Å²) in [7, 11) is -2.34. The molecular formula is C21H27N3O5S2. The third-order valence-corrected chi connectivity index (χ3v) is 7.66. The number of allylic oxidation sites excluding steroid dienone is 1. The van der Waals surface area contributed by atoms with Crippen molar-refractivity contribution in [1.29, 1.82) is 0 Å². The lowest BCUT2D eigenvalue weighted by molar-refractivity contribution is -0.129. The summed E-state index contributed by atoms with van der Waals surface area (Å²) in [6.07, 6.45) is 3.40. The van der Waals surface area contributed by atoms with E-state index in [0.29, 0.717) is 36.1 Å². The Morgan fingerprint density at radius 2 is 2.00 bits per heavy atom. The topological polar surface area (TPSA) is 98.0 Å². The molecule has 0 saturated carbocycles. The van der Waals surface area contributed by atoms with E-state index in [9.17, 15) is 18.0 Å². The summed E-state index contributed by atoms with van der Waals surface area (Å²) in [4.78, 5) is 30.8. The van der Waals surface area contributed by atoms with Crippen molar-refractivity contribution in [3.05, 3.63) is 35.7 Å². The molecule has 31 heavy (non-hydrogen) atoms. The van der Waals surface area contributed by atoms with Crippen LogP contribution in [0.15, 0.2) is 35.8 Å². The Kier molecular flexibility index (Phi) is 7.32. The van der Waals surface area contributed by atoms with Crippen LogP contribution < -0.4 is 9.54 Å². The molecule has 1 aromatic carbocycles. The molecule has 10 heteroatoms. The lowest BCUT2D eigenvalue weighted by Gasteiger charge is -2.30. The summed E-state index contributed by atoms with van der Waals surface area (Å²) in [5, 5.41) is 0. The highest BCUT2D eigenvalue weighted by Gasteiger charge is 2.26. The molecule has 1 aliphatic heterocycles. The lowest BCUT2D eigenvalue weighted by Crippen LogP contribution is -2.41. The molecule has 0 spiro atoms. The highest BCUT2D eigenvalue weighted by Crippen LogP contribution is 2.23. The normalized spacial score (nSPS) is 15.9. The van der Waals surface area contributed by atoms with Gasteiger partial charge in [0.2, 0.25) is 5.91 Å². The van der Waals surface area contributed by atoms with Gasteiger partial charge >= 0.3 is 0 Å². The number of carbonyl (C=O) groups excluding carboxylic acids is 2. The van der Waals surface area contributed by atoms with Gasteiger partial charge in [0, 0.05) is 19.6 Å². The highest BCUT2D eigenvalue weighted by atomic mass is 32.2. The molecule has 0 atom stereocenters. The number of hydrogen-bond acceptors (Lipinski definition) is 6. The summed E-state index contributed by atoms with van der Waals surface area (Å²) in [6.45, 7) is 7.37. The van der Waals surface area contributed by atoms with Crippen LogP contribution in [0.1, 0.15) is 19.8 Å². The largest absolute Gasteiger partial charge is 0.497 e. The van der Waals surface area contributed by atoms with E-state index in [-0.39, 0.29) is 0 Å². The molecule has 1 fully saturated rings. The molecule has 2 heterocycles. The summed E-state index contributed by atoms with van der Waals surface area (Å²) < 4.78 is 32.8. The third kappa shape index (κ3) is 5.82. The number of methoxy groups -OCH3 is 1. The molecule has 1 saturated heterocycles. The van der Waals surface area contributed by atoms with E-state index in [0.717, 1.165) is 23.1 Å². The second-order valence-corrected chi connectivity index (χ2v) is 10.8. The van der Waals surface area contributed by atoms with Crippen LogP contribution >= 0.6 is 11.3 Å². The fraction of sp³-hybridized carbons (Fsp3) is 0.476. The number of fused-ring (bicyclic) bond motifs is 1. The SMILES string of the molecule is C=CCn1c(=NC(=O)CS(=O)(=O)CC(=O)N2CCC(C)CC2)sc2cc(OC)ccc21. The van der Waals surface area contributed by atoms with E-state index in [4.69, 9.17) is 4.74 Å². The van der Waals surface area contributed by atoms with Crippen LogP contribution in [0.25, 0.3) is 10.2 Å². The van der Waals surface area contributed by atoms with Gasteiger partial charge in [-0.3, -0.25) is 9.59 Å². The van der Waals surface area contributed by atoms with E-state index < -0.39 is 33.2 Å². The molecule has 0 aliphatic carbocycles. The van der Waals surface area contributed by atoms with Crippen molar-refractivity contribution in [1.82, 2.24) is 9.47 Å². The Morgan fingerprint density at radius 1 is 1.29 bits per heavy atom. The predicted octanol–water partition coefficient (Wildman–Crippen LogP) is 2.00. The lowest BCUT2D eigenvalue weighted by atomic mass is 9.99. The maximum atomic E-state index is 12.5. The first-order valence-corrected chi connectivity index (χ1v) is 12.7. The number of thiazole rings is 1. The second kappa shape index (κ2) is 9.78. The van der Waals surface area contributed by atoms with Crippen molar-refractivity contribution < 1.29 is 22.7 Å². The van der Waals surface area contributed by atoms with Gasteiger partial charge in [0.1, 0.15) is 17.3 Å². The van der Waals surface area contributed by atoms with E-state index in [1.165, 1.54) is 11.3 Å². The van der Waals surface area contributed by atoms with E-state index in [2.05, 4.69) is 18.5 Å². The standard InChI is InChI=1S/C21H27N3O5S2/c1-4-9-24-17-6-5-16(29-3)12-18(17)30-21(24)22-19(25)13-31(27,28)14-20(26)23-10-7-15(2)8-11-23/h4-6,12,15H,1,7-11,13-14H2,2-3H3. The third-order valence-electron chi connectivity index (χ3n) is 5.25. The first kappa shape index (κ1) is 23.2. The van der Waals surface area contributed by atoms with Crippen molar-refractivity contribution in [2.75, 3.05) is 31.7 Å². The molecule has 3 rings (SSSR count). The maximum absolute atomic E-state index is 12.5. The van der Waals surface area contributed by atoms with Crippen molar-refractivity contribution in [3.63, 3.8) is 0 Å². The summed E-state index contributed by atoms with van der Waals surface area (Å²) in [5.41, 5.74) is 0.842. The van der Waals surface area contributed by atoms with Crippen LogP contribution in [0, 0.1) is 5.92 Å². The van der Waals surface area contributed by atoms with Gasteiger partial charge in [0.25, 0.3) is 5.91 Å². The zero-order valence-electron chi connectivity index (χ0n) is 17.7. The van der Waals surface area contributed by atoms with Crippen LogP contribution in [0.2, 0.25) is 0 Å². The van der Waals surface area contributed by atoms with Crippen LogP contribution in [-0.4, -0.2) is 61.4 Å². The molecule has 0 unspecified atom stereocenters. The summed E-state index contributed by atoms with van der Waals surface area (Å²) >= 11 is 1.26. The number of nitrogens with zero attached hydrogens (tertiary/aromatic N) is 3. The Morgan fingerprint density at radius 3 is 2.65 bits per heavy atom. The molecule has 1 aromatic heterocycles. The van der Waals surface area contributed by atoms with Crippen molar-refractivity contribution in [2.24, 2.45) is 10.9 Å². The average molecular weight is 466 g/mol. The number of benzene rings is 1. The van der Waals surface area contributed by atoms with Gasteiger partial charge in [0.15, 0.2) is 14.6 Å². The molecule has 1 aliphatic rings. The number of ether oxygens (including phenoxy) is 1. The van der Waals surface area contributed by atoms with Crippen molar-refractivity contribution in [3.8, 4) is 5.75 Å². The fourth-order valence-electron chi connectivity index (χ4n) is 3.49. The Bertz CT molecular complexity index is 1160. The van der Waals surface area contributed by atoms with Gasteiger partial charge in [-0.2, -0.15) is 4.99 Å². The second-order valence-electron chi connectivity index (χ2n) is 7.72. The smallest absolute Gasteiger partial charge is 0.263 e. The fourth-order valence-corrected chi connectivity index (χ4v) is 5.67. The predicted molar refractivity (Wildman–Crippen MR) is 121 cm³/mol. The number of rotatable bonds is 7. The minimum Gasteiger partial charge on any atom is -0.497 e. The zero-order valence-corrected chi connectivity index (χ0v) is 19.4. The highest BCUT2D eigenvalue weighted by molar-refractivity contribution is 7.92. The monoisotopic (exact) mass is 465 g/mol. The molecule has 168 valence electrons. The van der Waals surface area contributed by atoms with Crippen LogP contribution in [0.3, 0.4) is 0 Å². The Labute approximate surface area is 185 Å². The van der Waals surface area contributed by atoms with Crippen LogP contribution in [-0.2, 0) is 26.0 Å². The van der Waals surface area contributed by atoms with Crippen molar-refractivity contribution in [2.45, 2.75) is 26.3 Å². The number of carbonyl (C=O) groups is 2. The number of aromatic nitrogens is 1. The molecule has 0 radical (unpaired) electrons. The van der Waals surface area contributed by atoms with Gasteiger partial charge in [-0.15, -0.1) is 6.58 Å². The molecular weight excluding hydrogens is 438 g/mol. The molecule has 2 aromatic rings. The Hall–Kier alpha value is -2.46. The molecule has 0 N–H and O–H groups in total. The van der Waals surface area contributed by atoms with Crippen LogP contribution in [0.5, 0.6) is 5.75 Å². The summed E-state index contributed by atoms with van der Waals surface area (Å²) in [5.74, 6) is -1.50. The minimum absolute atomic E-state index is 0.375. The van der Waals surface area contributed by atoms with Gasteiger partial charge in [-0.25, -0.2) is 8.42 Å². The first-order valence-electron chi connectivity index (χ1n) is 10.1. The number of likely N-dealkylation sites (tertiary alicyclic amines) is 1. The van der Waals surface area contributed by atoms with Gasteiger partial charge in [-0.1, -0.05) is 24.3 Å². The number of piperidine rings is 1. The van der Waals surface area contributed by atoms with Crippen molar-refractivity contribution >= 4 is 43.2 Å². The molecule has 2 amide bonds. The van der Waals surface area contributed by atoms with Gasteiger partial charge in [0.05, 0.1) is 17.3 Å². The Balaban J connectivity index is 1.78. The van der Waals surface area contributed by atoms with Gasteiger partial charge < -0.3 is 14.2 Å². The first-order chi connectivity index (χ1) is 14.7. The van der Waals surface area contributed by atoms with E-state index in [1.807, 2.05) is 12.1 Å². The molecule has 0 bridgehead atoms. The zero-order chi connectivity index (χ0) is 22.6. The average Bonchev–Trinajstić information content (AvgIpc) is 3.03. The minimum atomic E-state index is -3.91. The van der Waals surface area contributed by atoms with E-state index >= 15 is 0 Å². The number of sulfone groups is 1. The maximum Gasteiger partial charge on any atom is 0.263 e. The van der Waals surface area contributed by atoms with E-state index in [1.54, 1.807) is 28.7 Å². The molecule has 8 nitrogen and oxygen atoms in total. The van der Waals surface area contributed by atoms with Gasteiger partial charge in [-0.05, 0) is 37.0 Å². The quantitative estimate of drug-likeness (QED) is 0.583.